The molecular weight excluding hydrogens is 590 g/mol. The molecule has 0 saturated carbocycles. The van der Waals surface area contributed by atoms with Gasteiger partial charge >= 0.3 is 0 Å². The molecule has 2 amide bonds. The Bertz CT molecular complexity index is 1500. The van der Waals surface area contributed by atoms with Gasteiger partial charge in [0.2, 0.25) is 12.2 Å². The zero-order chi connectivity index (χ0) is 31.9. The molecule has 0 aliphatic carbocycles. The van der Waals surface area contributed by atoms with Gasteiger partial charge in [-0.2, -0.15) is 0 Å². The molecule has 11 heteroatoms. The topological polar surface area (TPSA) is 123 Å². The maximum atomic E-state index is 14.1. The Balaban J connectivity index is 1.22. The molecule has 11 nitrogen and oxygen atoms in total. The number of nitrogens with zero attached hydrogens (tertiary/aromatic N) is 2. The highest BCUT2D eigenvalue weighted by atomic mass is 16.7. The number of anilines is 1. The fraction of sp³-hybridized carbons (Fsp3) is 0.486. The summed E-state index contributed by atoms with van der Waals surface area (Å²) in [6.07, 6.45) is 4.64. The number of likely N-dealkylation sites (tertiary alicyclic amines) is 1. The van der Waals surface area contributed by atoms with Crippen LogP contribution < -0.4 is 10.2 Å². The van der Waals surface area contributed by atoms with Crippen LogP contribution in [0.5, 0.6) is 0 Å². The van der Waals surface area contributed by atoms with Crippen molar-refractivity contribution in [3.8, 4) is 0 Å². The Morgan fingerprint density at radius 3 is 2.52 bits per heavy atom. The predicted molar refractivity (Wildman–Crippen MR) is 171 cm³/mol. The van der Waals surface area contributed by atoms with Crippen molar-refractivity contribution in [2.45, 2.75) is 43.9 Å². The van der Waals surface area contributed by atoms with E-state index in [1.165, 1.54) is 0 Å². The maximum Gasteiger partial charge on any atom is 0.288 e. The summed E-state index contributed by atoms with van der Waals surface area (Å²) in [6.45, 7) is 5.10. The van der Waals surface area contributed by atoms with Crippen molar-refractivity contribution in [2.75, 3.05) is 64.3 Å². The molecule has 2 saturated heterocycles. The summed E-state index contributed by atoms with van der Waals surface area (Å²) < 4.78 is 29.6. The molecule has 0 radical (unpaired) electrons. The molecule has 2 aromatic carbocycles. The number of benzene rings is 2. The minimum absolute atomic E-state index is 0.00455. The summed E-state index contributed by atoms with van der Waals surface area (Å²) in [7, 11) is 0. The van der Waals surface area contributed by atoms with Gasteiger partial charge in [-0.05, 0) is 50.5 Å². The number of furan rings is 1. The number of aliphatic hydroxyl groups excluding tert-OH is 1. The van der Waals surface area contributed by atoms with Crippen molar-refractivity contribution < 1.29 is 38.1 Å². The average molecular weight is 634 g/mol. The van der Waals surface area contributed by atoms with E-state index in [0.717, 1.165) is 22.2 Å². The number of amides is 2. The number of piperidine rings is 1. The third-order valence-corrected chi connectivity index (χ3v) is 9.28. The molecule has 2 fully saturated rings. The Labute approximate surface area is 269 Å². The van der Waals surface area contributed by atoms with E-state index in [1.54, 1.807) is 11.2 Å². The van der Waals surface area contributed by atoms with Gasteiger partial charge in [0.05, 0.1) is 39.4 Å². The Morgan fingerprint density at radius 2 is 1.76 bits per heavy atom. The van der Waals surface area contributed by atoms with Crippen LogP contribution in [0.2, 0.25) is 0 Å². The first-order chi connectivity index (χ1) is 22.6. The summed E-state index contributed by atoms with van der Waals surface area (Å²) >= 11 is 0. The molecular formula is C35H43N3O8. The first-order valence-electron chi connectivity index (χ1n) is 16.2. The van der Waals surface area contributed by atoms with Crippen molar-refractivity contribution in [1.82, 2.24) is 10.2 Å². The van der Waals surface area contributed by atoms with Crippen LogP contribution in [0.25, 0.3) is 11.0 Å². The monoisotopic (exact) mass is 633 g/mol. The standard InChI is InChI=1S/C35H43N3O8/c1-2-44-33-27(12-18-42-20-21-43-19-17-39)28(29-23-45-30-11-7-6-10-26(29)30)22-31(46-33)32(40)37-15-13-35(14-16-37)34(41)36-24-38(35)25-8-4-3-5-9-25/h3-11,22-23,27-28,33,39H,2,12-21,24H2,1H3,(H,36,41). The fourth-order valence-corrected chi connectivity index (χ4v) is 6.92. The van der Waals surface area contributed by atoms with E-state index < -0.39 is 11.8 Å². The molecule has 3 unspecified atom stereocenters. The lowest BCUT2D eigenvalue weighted by Gasteiger charge is -2.44. The molecule has 4 heterocycles. The van der Waals surface area contributed by atoms with Gasteiger partial charge in [-0.25, -0.2) is 0 Å². The SMILES string of the molecule is CCOC1OC(C(=O)N2CCC3(CC2)C(=O)NCN3c2ccccc2)=CC(c2coc3ccccc23)C1CCOCCOCCO. The third-order valence-electron chi connectivity index (χ3n) is 9.28. The minimum atomic E-state index is -0.694. The van der Waals surface area contributed by atoms with E-state index in [2.05, 4.69) is 10.2 Å². The molecule has 2 N–H and O–H groups in total. The smallest absolute Gasteiger partial charge is 0.288 e. The number of rotatable bonds is 13. The van der Waals surface area contributed by atoms with Gasteiger partial charge in [0, 0.05) is 54.8 Å². The number of aliphatic hydroxyl groups is 1. The fourth-order valence-electron chi connectivity index (χ4n) is 6.92. The lowest BCUT2D eigenvalue weighted by Crippen LogP contribution is -2.57. The molecule has 0 bridgehead atoms. The average Bonchev–Trinajstić information content (AvgIpc) is 3.66. The number of hydrogen-bond acceptors (Lipinski definition) is 9. The van der Waals surface area contributed by atoms with Crippen LogP contribution in [0.3, 0.4) is 0 Å². The van der Waals surface area contributed by atoms with Crippen LogP contribution >= 0.6 is 0 Å². The molecule has 1 aromatic heterocycles. The second kappa shape index (κ2) is 14.7. The van der Waals surface area contributed by atoms with Gasteiger partial charge in [0.1, 0.15) is 11.1 Å². The summed E-state index contributed by atoms with van der Waals surface area (Å²) in [6, 6.07) is 17.8. The number of fused-ring (bicyclic) bond motifs is 1. The van der Waals surface area contributed by atoms with Gasteiger partial charge in [-0.15, -0.1) is 0 Å². The van der Waals surface area contributed by atoms with Gasteiger partial charge in [0.25, 0.3) is 5.91 Å². The van der Waals surface area contributed by atoms with Crippen molar-refractivity contribution in [1.29, 1.82) is 0 Å². The summed E-state index contributed by atoms with van der Waals surface area (Å²) in [5, 5.41) is 12.9. The van der Waals surface area contributed by atoms with Gasteiger partial charge in [-0.1, -0.05) is 36.4 Å². The second-order valence-electron chi connectivity index (χ2n) is 11.8. The van der Waals surface area contributed by atoms with Crippen molar-refractivity contribution in [3.05, 3.63) is 78.3 Å². The number of hydrogen-bond donors (Lipinski definition) is 2. The predicted octanol–water partition coefficient (Wildman–Crippen LogP) is 3.78. The first kappa shape index (κ1) is 32.1. The quantitative estimate of drug-likeness (QED) is 0.271. The number of nitrogens with one attached hydrogen (secondary N) is 1. The zero-order valence-electron chi connectivity index (χ0n) is 26.3. The van der Waals surface area contributed by atoms with E-state index in [9.17, 15) is 9.59 Å². The highest BCUT2D eigenvalue weighted by Crippen LogP contribution is 2.43. The van der Waals surface area contributed by atoms with Crippen molar-refractivity contribution >= 4 is 28.5 Å². The Hall–Kier alpha value is -3.90. The molecule has 1 spiro atoms. The Kier molecular flexibility index (Phi) is 10.2. The minimum Gasteiger partial charge on any atom is -0.464 e. The highest BCUT2D eigenvalue weighted by Gasteiger charge is 2.51. The highest BCUT2D eigenvalue weighted by molar-refractivity contribution is 5.95. The first-order valence-corrected chi connectivity index (χ1v) is 16.2. The number of ether oxygens (including phenoxy) is 4. The lowest BCUT2D eigenvalue weighted by molar-refractivity contribution is -0.172. The summed E-state index contributed by atoms with van der Waals surface area (Å²) in [5.74, 6) is -0.340. The van der Waals surface area contributed by atoms with E-state index >= 15 is 0 Å². The maximum absolute atomic E-state index is 14.1. The zero-order valence-corrected chi connectivity index (χ0v) is 26.3. The van der Waals surface area contributed by atoms with E-state index in [0.29, 0.717) is 65.4 Å². The molecule has 46 heavy (non-hydrogen) atoms. The van der Waals surface area contributed by atoms with Crippen molar-refractivity contribution in [2.24, 2.45) is 5.92 Å². The third kappa shape index (κ3) is 6.50. The molecule has 3 aliphatic heterocycles. The molecule has 6 rings (SSSR count). The molecule has 3 aromatic rings. The molecule has 3 atom stereocenters. The van der Waals surface area contributed by atoms with Crippen LogP contribution in [0, 0.1) is 5.92 Å². The normalized spacial score (nSPS) is 22.6. The van der Waals surface area contributed by atoms with Crippen LogP contribution in [-0.4, -0.2) is 93.0 Å². The summed E-state index contributed by atoms with van der Waals surface area (Å²) in [4.78, 5) is 31.2. The van der Waals surface area contributed by atoms with Gasteiger partial charge in [0.15, 0.2) is 5.76 Å². The Morgan fingerprint density at radius 1 is 1.02 bits per heavy atom. The lowest BCUT2D eigenvalue weighted by atomic mass is 9.81. The van der Waals surface area contributed by atoms with E-state index in [4.69, 9.17) is 28.5 Å². The summed E-state index contributed by atoms with van der Waals surface area (Å²) in [5.41, 5.74) is 2.03. The molecule has 3 aliphatic rings. The number of carbonyl (C=O) groups excluding carboxylic acids is 2. The van der Waals surface area contributed by atoms with Gasteiger partial charge < -0.3 is 43.6 Å². The van der Waals surface area contributed by atoms with Crippen LogP contribution in [0.1, 0.15) is 37.7 Å². The largest absolute Gasteiger partial charge is 0.464 e. The van der Waals surface area contributed by atoms with Crippen LogP contribution in [-0.2, 0) is 28.5 Å². The number of para-hydroxylation sites is 2. The van der Waals surface area contributed by atoms with Gasteiger partial charge in [-0.3, -0.25) is 9.59 Å². The van der Waals surface area contributed by atoms with Crippen LogP contribution in [0.4, 0.5) is 5.69 Å². The van der Waals surface area contributed by atoms with Crippen LogP contribution in [0.15, 0.2) is 77.1 Å². The number of carbonyl (C=O) groups is 2. The van der Waals surface area contributed by atoms with Crippen molar-refractivity contribution in [3.63, 3.8) is 0 Å². The molecule has 246 valence electrons. The number of allylic oxidation sites excluding steroid dienone is 1. The second-order valence-corrected chi connectivity index (χ2v) is 11.8. The van der Waals surface area contributed by atoms with E-state index in [1.807, 2.05) is 67.6 Å². The van der Waals surface area contributed by atoms with E-state index in [-0.39, 0.29) is 42.6 Å².